The van der Waals surface area contributed by atoms with Gasteiger partial charge in [-0.3, -0.25) is 14.4 Å². The summed E-state index contributed by atoms with van der Waals surface area (Å²) in [6, 6.07) is 0. The molecule has 0 spiro atoms. The van der Waals surface area contributed by atoms with E-state index < -0.39 is 116 Å². The van der Waals surface area contributed by atoms with Gasteiger partial charge in [-0.25, -0.2) is 0 Å². The number of aliphatic hydroxyl groups is 15. The molecule has 22 heteroatoms. The van der Waals surface area contributed by atoms with Crippen molar-refractivity contribution < 1.29 is 100 Å². The lowest BCUT2D eigenvalue weighted by molar-refractivity contribution is -0.306. The molecule has 0 aromatic rings. The maximum absolute atomic E-state index is 13.1. The Kier molecular flexibility index (Phi) is 47.7. The van der Waals surface area contributed by atoms with Gasteiger partial charge in [-0.05, 0) is 97.4 Å². The molecular formula is C73H116N2O20. The molecule has 19 unspecified atom stereocenters. The van der Waals surface area contributed by atoms with E-state index in [9.17, 15) is 91.0 Å². The van der Waals surface area contributed by atoms with Gasteiger partial charge in [0.2, 0.25) is 5.91 Å². The molecule has 1 saturated heterocycles. The number of ether oxygens (including phenoxy) is 2. The number of nitrogens with one attached hydrogen (secondary N) is 1. The van der Waals surface area contributed by atoms with Gasteiger partial charge in [0.15, 0.2) is 12.1 Å². The summed E-state index contributed by atoms with van der Waals surface area (Å²) in [4.78, 5) is 36.5. The molecule has 22 nitrogen and oxygen atoms in total. The van der Waals surface area contributed by atoms with Crippen LogP contribution in [0.3, 0.4) is 0 Å². The van der Waals surface area contributed by atoms with Crippen LogP contribution in [0.2, 0.25) is 0 Å². The van der Waals surface area contributed by atoms with Crippen molar-refractivity contribution in [3.8, 4) is 0 Å². The van der Waals surface area contributed by atoms with Gasteiger partial charge in [0, 0.05) is 55.9 Å². The largest absolute Gasteiger partial charge is 0.510 e. The Morgan fingerprint density at radius 2 is 1.14 bits per heavy atom. The van der Waals surface area contributed by atoms with Gasteiger partial charge in [-0.2, -0.15) is 0 Å². The van der Waals surface area contributed by atoms with Crippen LogP contribution >= 0.6 is 0 Å². The zero-order valence-electron chi connectivity index (χ0n) is 56.5. The molecule has 0 aromatic carbocycles. The second-order valence-electron chi connectivity index (χ2n) is 24.5. The van der Waals surface area contributed by atoms with E-state index in [2.05, 4.69) is 5.32 Å². The molecule has 0 bridgehead atoms. The topological polar surface area (TPSA) is 411 Å². The Balaban J connectivity index is 0.00000101. The number of ketones is 2. The number of aliphatic hydroxyl groups excluding tert-OH is 15. The molecule has 1 aliphatic carbocycles. The first-order valence-electron chi connectivity index (χ1n) is 33.4. The van der Waals surface area contributed by atoms with E-state index >= 15 is 0 Å². The zero-order valence-corrected chi connectivity index (χ0v) is 56.5. The lowest BCUT2D eigenvalue weighted by Gasteiger charge is -2.41. The zero-order chi connectivity index (χ0) is 71.3. The molecule has 1 fully saturated rings. The minimum Gasteiger partial charge on any atom is -0.510 e. The first kappa shape index (κ1) is 87.6. The predicted octanol–water partition coefficient (Wildman–Crippen LogP) is 5.41. The number of carbonyl (C=O) groups excluding carboxylic acids is 3. The molecule has 2 aliphatic rings. The van der Waals surface area contributed by atoms with Crippen molar-refractivity contribution in [2.45, 2.75) is 255 Å². The normalized spacial score (nSPS) is 23.5. The van der Waals surface area contributed by atoms with Crippen molar-refractivity contribution in [3.05, 3.63) is 157 Å². The van der Waals surface area contributed by atoms with Crippen LogP contribution in [-0.2, 0) is 23.9 Å². The molecule has 18 N–H and O–H groups in total. The van der Waals surface area contributed by atoms with Crippen molar-refractivity contribution >= 4 is 17.5 Å². The van der Waals surface area contributed by atoms with Crippen LogP contribution in [0.25, 0.3) is 0 Å². The maximum atomic E-state index is 13.1. The Hall–Kier alpha value is -5.45. The van der Waals surface area contributed by atoms with Crippen LogP contribution < -0.4 is 11.1 Å². The first-order chi connectivity index (χ1) is 45.1. The number of allylic oxidation sites excluding steroid dienone is 18. The van der Waals surface area contributed by atoms with E-state index in [0.717, 1.165) is 19.3 Å². The number of hydrogen-bond donors (Lipinski definition) is 17. The molecule has 20 atom stereocenters. The Labute approximate surface area is 563 Å². The van der Waals surface area contributed by atoms with Crippen molar-refractivity contribution in [3.63, 3.8) is 0 Å². The van der Waals surface area contributed by atoms with Crippen LogP contribution in [0.15, 0.2) is 157 Å². The molecule has 1 amide bonds. The summed E-state index contributed by atoms with van der Waals surface area (Å²) in [6.07, 6.45) is 28.5. The number of carbonyl (C=O) groups is 3. The van der Waals surface area contributed by atoms with Gasteiger partial charge in [0.05, 0.1) is 79.4 Å². The minimum absolute atomic E-state index is 0.00599. The summed E-state index contributed by atoms with van der Waals surface area (Å²) >= 11 is 0. The van der Waals surface area contributed by atoms with E-state index in [1.165, 1.54) is 31.2 Å². The second kappa shape index (κ2) is 51.7. The van der Waals surface area contributed by atoms with E-state index in [4.69, 9.17) is 15.2 Å². The van der Waals surface area contributed by atoms with E-state index in [1.54, 1.807) is 43.4 Å². The molecule has 538 valence electrons. The SMILES string of the molecule is C/C=C/C=C/C=C/C=C/C(O)C(C)C(O)C(C)/C=C/CC/C=C/C=C/C=C/C=C/C(=O)NC1=C(O)CCC1=O.CC/C=C/CC(OC1OC(C)C(O)C(O)C1O)C(C)C(=O)C[C@@H](O)CC(O)CC(O)/C=C/CC(O)CC(O)CC(O)CC(O)/C=C/CC(O)CC(O)CCCN. The van der Waals surface area contributed by atoms with Crippen molar-refractivity contribution in [2.24, 2.45) is 23.5 Å². The molecular weight excluding hydrogens is 1220 g/mol. The number of nitrogens with two attached hydrogens (primary N) is 1. The molecule has 0 radical (unpaired) electrons. The van der Waals surface area contributed by atoms with Gasteiger partial charge in [0.1, 0.15) is 35.6 Å². The summed E-state index contributed by atoms with van der Waals surface area (Å²) in [5.74, 6) is -2.32. The predicted molar refractivity (Wildman–Crippen MR) is 367 cm³/mol. The van der Waals surface area contributed by atoms with Gasteiger partial charge < -0.3 is 97.1 Å². The summed E-state index contributed by atoms with van der Waals surface area (Å²) in [6.45, 7) is 11.2. The average molecular weight is 1340 g/mol. The van der Waals surface area contributed by atoms with Crippen molar-refractivity contribution in [1.82, 2.24) is 5.32 Å². The molecule has 0 aromatic heterocycles. The third-order valence-corrected chi connectivity index (χ3v) is 15.8. The van der Waals surface area contributed by atoms with Crippen LogP contribution in [0, 0.1) is 17.8 Å². The monoisotopic (exact) mass is 1340 g/mol. The lowest BCUT2D eigenvalue weighted by atomic mass is 9.88. The number of hydrogen-bond acceptors (Lipinski definition) is 21. The van der Waals surface area contributed by atoms with Crippen molar-refractivity contribution in [2.75, 3.05) is 6.54 Å². The molecule has 1 heterocycles. The number of amides is 1. The van der Waals surface area contributed by atoms with Crippen LogP contribution in [0.5, 0.6) is 0 Å². The third kappa shape index (κ3) is 40.1. The Morgan fingerprint density at radius 3 is 1.72 bits per heavy atom. The number of Topliss-reactive ketones (excluding diaryl/α,β-unsaturated/α-hetero) is 2. The van der Waals surface area contributed by atoms with Crippen LogP contribution in [0.4, 0.5) is 0 Å². The smallest absolute Gasteiger partial charge is 0.248 e. The Morgan fingerprint density at radius 1 is 0.600 bits per heavy atom. The summed E-state index contributed by atoms with van der Waals surface area (Å²) in [5.41, 5.74) is 5.41. The second-order valence-corrected chi connectivity index (χ2v) is 24.5. The van der Waals surface area contributed by atoms with Crippen molar-refractivity contribution in [1.29, 1.82) is 0 Å². The Bertz CT molecular complexity index is 2540. The minimum atomic E-state index is -1.55. The molecule has 0 saturated carbocycles. The summed E-state index contributed by atoms with van der Waals surface area (Å²) < 4.78 is 11.5. The first-order valence-corrected chi connectivity index (χ1v) is 33.4. The molecule has 95 heavy (non-hydrogen) atoms. The maximum Gasteiger partial charge on any atom is 0.248 e. The van der Waals surface area contributed by atoms with Crippen LogP contribution in [0.1, 0.15) is 151 Å². The lowest BCUT2D eigenvalue weighted by Crippen LogP contribution is -2.58. The highest BCUT2D eigenvalue weighted by molar-refractivity contribution is 6.03. The van der Waals surface area contributed by atoms with E-state index in [-0.39, 0.29) is 112 Å². The number of unbranched alkanes of at least 4 members (excludes halogenated alkanes) is 1. The fourth-order valence-electron chi connectivity index (χ4n) is 10.0. The highest BCUT2D eigenvalue weighted by Gasteiger charge is 2.44. The fourth-order valence-corrected chi connectivity index (χ4v) is 10.0. The summed E-state index contributed by atoms with van der Waals surface area (Å²) in [5, 5.41) is 156. The number of rotatable bonds is 46. The van der Waals surface area contributed by atoms with Gasteiger partial charge in [-0.15, -0.1) is 0 Å². The highest BCUT2D eigenvalue weighted by Crippen LogP contribution is 2.28. The molecule has 1 aliphatic heterocycles. The van der Waals surface area contributed by atoms with E-state index in [0.29, 0.717) is 19.4 Å². The quantitative estimate of drug-likeness (QED) is 0.0157. The average Bonchev–Trinajstić information content (AvgIpc) is 1.08. The highest BCUT2D eigenvalue weighted by atomic mass is 16.7. The van der Waals surface area contributed by atoms with Crippen LogP contribution in [-0.4, -0.2) is 205 Å². The fraction of sp³-hybridized carbons (Fsp3) is 0.603. The third-order valence-electron chi connectivity index (χ3n) is 15.8. The van der Waals surface area contributed by atoms with Gasteiger partial charge in [-0.1, -0.05) is 167 Å². The van der Waals surface area contributed by atoms with Gasteiger partial charge >= 0.3 is 0 Å². The summed E-state index contributed by atoms with van der Waals surface area (Å²) in [7, 11) is 0. The van der Waals surface area contributed by atoms with Gasteiger partial charge in [0.25, 0.3) is 0 Å². The standard InChI is InChI=1S/C40H73NO15.C33H43NO5/c1-4-5-6-15-36(56-40-39(54)38(53)37(52)25(3)55-40)24(2)35(51)23-34(50)22-33(49)20-29(45)13-8-12-28(44)19-32(48)21-31(47)18-27(43)11-7-10-26(42)17-30(46)14-9-16-41;1-4-5-6-7-12-16-19-22-28(35)27(3)33(39)26(2)21-18-15-13-10-8-9-11-14-17-20-23-31(38)34-32-29(36)24-25-30(32)37/h5-8,11,13,24-34,36-40,42-50,52-54H,4,9-10,12,14-23,41H2,1-3H3;4-12,14,16-23,26-28,33,35-36,39H,13,15,24-25H2,1-3H3,(H,34,38)/b6-5+,11-7+,13-8+;5-4+,7-6+,10-8+,11-9+,16-12+,17-14+,21-18+,22-19+,23-20+/t24?,25?,26?,27?,28?,29?,30?,31?,32?,33?,34-,36?,37?,38?,39?,40?;/m0./s1. The van der Waals surface area contributed by atoms with E-state index in [1.807, 2.05) is 113 Å². The molecule has 2 rings (SSSR count).